The molecule has 0 fully saturated rings. The summed E-state index contributed by atoms with van der Waals surface area (Å²) in [5.74, 6) is 0.562. The highest BCUT2D eigenvalue weighted by Crippen LogP contribution is 2.11. The Morgan fingerprint density at radius 3 is 2.62 bits per heavy atom. The Kier molecular flexibility index (Phi) is 7.10. The van der Waals surface area contributed by atoms with Crippen LogP contribution in [0.3, 0.4) is 0 Å². The van der Waals surface area contributed by atoms with Gasteiger partial charge in [-0.2, -0.15) is 4.99 Å². The molecule has 0 unspecified atom stereocenters. The first-order valence-corrected chi connectivity index (χ1v) is 7.20. The third-order valence-electron chi connectivity index (χ3n) is 2.47. The lowest BCUT2D eigenvalue weighted by Crippen LogP contribution is -2.28. The lowest BCUT2D eigenvalue weighted by Gasteiger charge is -2.06. The number of methoxy groups -OCH3 is 1. The molecule has 6 N–H and O–H groups in total. The molecule has 1 rings (SSSR count). The fourth-order valence-corrected chi connectivity index (χ4v) is 2.01. The van der Waals surface area contributed by atoms with Gasteiger partial charge in [-0.1, -0.05) is 23.9 Å². The van der Waals surface area contributed by atoms with Crippen LogP contribution < -0.4 is 21.5 Å². The summed E-state index contributed by atoms with van der Waals surface area (Å²) in [7, 11) is 1.62. The van der Waals surface area contributed by atoms with Crippen LogP contribution in [0.2, 0.25) is 0 Å². The van der Waals surface area contributed by atoms with Gasteiger partial charge in [0, 0.05) is 6.54 Å². The van der Waals surface area contributed by atoms with Crippen LogP contribution in [-0.4, -0.2) is 36.4 Å². The van der Waals surface area contributed by atoms with E-state index in [1.807, 2.05) is 24.3 Å². The van der Waals surface area contributed by atoms with E-state index in [0.29, 0.717) is 6.54 Å². The highest BCUT2D eigenvalue weighted by Gasteiger charge is 2.04. The number of nitrogens with zero attached hydrogens (tertiary/aromatic N) is 1. The quantitative estimate of drug-likeness (QED) is 0.444. The second kappa shape index (κ2) is 8.85. The maximum atomic E-state index is 11.6. The fourth-order valence-electron chi connectivity index (χ4n) is 1.47. The van der Waals surface area contributed by atoms with E-state index in [9.17, 15) is 4.79 Å². The summed E-state index contributed by atoms with van der Waals surface area (Å²) in [5.41, 5.74) is 11.4. The molecule has 0 bridgehead atoms. The highest BCUT2D eigenvalue weighted by molar-refractivity contribution is 8.14. The first-order chi connectivity index (χ1) is 10.0. The SMILES string of the molecule is COc1ccc(CCNC(=O)CSC(=N)N=C(N)N)cc1. The third kappa shape index (κ3) is 7.21. The van der Waals surface area contributed by atoms with Gasteiger partial charge in [0.25, 0.3) is 0 Å². The molecule has 0 saturated heterocycles. The lowest BCUT2D eigenvalue weighted by molar-refractivity contribution is -0.118. The zero-order valence-electron chi connectivity index (χ0n) is 11.8. The topological polar surface area (TPSA) is 127 Å². The molecule has 0 aliphatic heterocycles. The summed E-state index contributed by atoms with van der Waals surface area (Å²) >= 11 is 0.971. The average molecular weight is 309 g/mol. The van der Waals surface area contributed by atoms with Crippen molar-refractivity contribution in [1.82, 2.24) is 5.32 Å². The van der Waals surface area contributed by atoms with Gasteiger partial charge < -0.3 is 21.5 Å². The van der Waals surface area contributed by atoms with Crippen molar-refractivity contribution in [2.75, 3.05) is 19.4 Å². The van der Waals surface area contributed by atoms with E-state index >= 15 is 0 Å². The minimum absolute atomic E-state index is 0.0831. The first kappa shape index (κ1) is 16.8. The van der Waals surface area contributed by atoms with E-state index < -0.39 is 0 Å². The van der Waals surface area contributed by atoms with Crippen molar-refractivity contribution in [3.05, 3.63) is 29.8 Å². The van der Waals surface area contributed by atoms with Crippen molar-refractivity contribution in [2.45, 2.75) is 6.42 Å². The summed E-state index contributed by atoms with van der Waals surface area (Å²) < 4.78 is 5.07. The number of benzene rings is 1. The number of nitrogens with one attached hydrogen (secondary N) is 2. The average Bonchev–Trinajstić information content (AvgIpc) is 2.45. The van der Waals surface area contributed by atoms with Crippen molar-refractivity contribution < 1.29 is 9.53 Å². The molecule has 0 heterocycles. The van der Waals surface area contributed by atoms with Crippen LogP contribution in [0.1, 0.15) is 5.56 Å². The van der Waals surface area contributed by atoms with Crippen LogP contribution in [0, 0.1) is 5.41 Å². The number of rotatable bonds is 6. The Hall–Kier alpha value is -2.22. The summed E-state index contributed by atoms with van der Waals surface area (Å²) in [6, 6.07) is 7.66. The van der Waals surface area contributed by atoms with Gasteiger partial charge in [-0.15, -0.1) is 0 Å². The number of guanidine groups is 1. The molecule has 1 amide bonds. The molecular formula is C13H19N5O2S. The number of carbonyl (C=O) groups is 1. The Bertz CT molecular complexity index is 512. The van der Waals surface area contributed by atoms with Gasteiger partial charge >= 0.3 is 0 Å². The van der Waals surface area contributed by atoms with Crippen LogP contribution in [0.5, 0.6) is 5.75 Å². The molecular weight excluding hydrogens is 290 g/mol. The molecule has 1 aromatic carbocycles. The molecule has 0 aromatic heterocycles. The lowest BCUT2D eigenvalue weighted by atomic mass is 10.1. The van der Waals surface area contributed by atoms with E-state index in [2.05, 4.69) is 10.3 Å². The molecule has 8 heteroatoms. The maximum Gasteiger partial charge on any atom is 0.230 e. The monoisotopic (exact) mass is 309 g/mol. The second-order valence-corrected chi connectivity index (χ2v) is 5.04. The van der Waals surface area contributed by atoms with Crippen molar-refractivity contribution in [1.29, 1.82) is 5.41 Å². The minimum Gasteiger partial charge on any atom is -0.497 e. The number of nitrogens with two attached hydrogens (primary N) is 2. The summed E-state index contributed by atoms with van der Waals surface area (Å²) in [5, 5.41) is 10.1. The highest BCUT2D eigenvalue weighted by atomic mass is 32.2. The van der Waals surface area contributed by atoms with E-state index in [-0.39, 0.29) is 22.8 Å². The Labute approximate surface area is 127 Å². The zero-order chi connectivity index (χ0) is 15.7. The van der Waals surface area contributed by atoms with Crippen molar-refractivity contribution in [3.63, 3.8) is 0 Å². The summed E-state index contributed by atoms with van der Waals surface area (Å²) in [6.45, 7) is 0.529. The van der Waals surface area contributed by atoms with Crippen molar-refractivity contribution >= 4 is 28.8 Å². The van der Waals surface area contributed by atoms with Crippen LogP contribution in [0.25, 0.3) is 0 Å². The van der Waals surface area contributed by atoms with Crippen LogP contribution in [0.4, 0.5) is 0 Å². The van der Waals surface area contributed by atoms with Crippen molar-refractivity contribution in [3.8, 4) is 5.75 Å². The minimum atomic E-state index is -0.188. The van der Waals surface area contributed by atoms with Gasteiger partial charge in [0.1, 0.15) is 5.75 Å². The van der Waals surface area contributed by atoms with E-state index in [4.69, 9.17) is 21.6 Å². The number of aliphatic imine (C=N–C) groups is 1. The van der Waals surface area contributed by atoms with Crippen molar-refractivity contribution in [2.24, 2.45) is 16.5 Å². The summed E-state index contributed by atoms with van der Waals surface area (Å²) in [6.07, 6.45) is 0.728. The Balaban J connectivity index is 2.24. The molecule has 0 atom stereocenters. The van der Waals surface area contributed by atoms with Crippen LogP contribution in [0.15, 0.2) is 29.3 Å². The van der Waals surface area contributed by atoms with Gasteiger partial charge in [0.05, 0.1) is 12.9 Å². The molecule has 1 aromatic rings. The van der Waals surface area contributed by atoms with Crippen LogP contribution >= 0.6 is 11.8 Å². The predicted octanol–water partition coefficient (Wildman–Crippen LogP) is 0.295. The Morgan fingerprint density at radius 2 is 2.05 bits per heavy atom. The van der Waals surface area contributed by atoms with E-state index in [1.54, 1.807) is 7.11 Å². The molecule has 0 saturated carbocycles. The number of hydrogen-bond donors (Lipinski definition) is 4. The third-order valence-corrected chi connectivity index (χ3v) is 3.24. The van der Waals surface area contributed by atoms with Gasteiger partial charge in [-0.25, -0.2) is 0 Å². The van der Waals surface area contributed by atoms with Crippen LogP contribution in [-0.2, 0) is 11.2 Å². The number of amides is 1. The van der Waals surface area contributed by atoms with Gasteiger partial charge in [0.15, 0.2) is 11.1 Å². The molecule has 0 aliphatic rings. The molecule has 114 valence electrons. The van der Waals surface area contributed by atoms with E-state index in [1.165, 1.54) is 0 Å². The number of ether oxygens (including phenoxy) is 1. The number of thioether (sulfide) groups is 1. The van der Waals surface area contributed by atoms with Gasteiger partial charge in [-0.3, -0.25) is 10.2 Å². The standard InChI is InChI=1S/C13H19N5O2S/c1-20-10-4-2-9(3-5-10)6-7-17-11(19)8-21-13(16)18-12(14)15/h2-5H,6-8H2,1H3,(H,17,19)(H5,14,15,16,18). The number of hydrogen-bond acceptors (Lipinski definition) is 4. The molecule has 0 spiro atoms. The molecule has 0 aliphatic carbocycles. The zero-order valence-corrected chi connectivity index (χ0v) is 12.6. The predicted molar refractivity (Wildman–Crippen MR) is 85.7 cm³/mol. The number of carbonyl (C=O) groups excluding carboxylic acids is 1. The maximum absolute atomic E-state index is 11.6. The number of amidine groups is 1. The van der Waals surface area contributed by atoms with E-state index in [0.717, 1.165) is 29.5 Å². The molecule has 7 nitrogen and oxygen atoms in total. The molecule has 0 radical (unpaired) electrons. The summed E-state index contributed by atoms with van der Waals surface area (Å²) in [4.78, 5) is 15.1. The normalized spacial score (nSPS) is 9.76. The first-order valence-electron chi connectivity index (χ1n) is 6.22. The Morgan fingerprint density at radius 1 is 1.38 bits per heavy atom. The van der Waals surface area contributed by atoms with Gasteiger partial charge in [0.2, 0.25) is 5.91 Å². The second-order valence-electron chi connectivity index (χ2n) is 4.08. The smallest absolute Gasteiger partial charge is 0.230 e. The van der Waals surface area contributed by atoms with Gasteiger partial charge in [-0.05, 0) is 24.1 Å². The molecule has 21 heavy (non-hydrogen) atoms. The largest absolute Gasteiger partial charge is 0.497 e. The fraction of sp³-hybridized carbons (Fsp3) is 0.308.